The second-order valence-corrected chi connectivity index (χ2v) is 14.4. The van der Waals surface area contributed by atoms with Crippen molar-refractivity contribution in [3.05, 3.63) is 109 Å². The molecule has 0 bridgehead atoms. The molecule has 1 fully saturated rings. The molecule has 4 heteroatoms. The topological polar surface area (TPSA) is 18.5 Å². The van der Waals surface area contributed by atoms with Gasteiger partial charge in [0.05, 0.1) is 18.8 Å². The highest BCUT2D eigenvalue weighted by Gasteiger charge is 2.55. The zero-order valence-corrected chi connectivity index (χ0v) is 21.4. The summed E-state index contributed by atoms with van der Waals surface area (Å²) in [6.45, 7) is 11.1. The lowest BCUT2D eigenvalue weighted by Gasteiger charge is -2.45. The van der Waals surface area contributed by atoms with Crippen LogP contribution in [0.1, 0.15) is 32.8 Å². The minimum atomic E-state index is -2.87. The van der Waals surface area contributed by atoms with E-state index in [1.807, 2.05) is 72.8 Å². The smallest absolute Gasteiger partial charge is 0.261 e. The van der Waals surface area contributed by atoms with Gasteiger partial charge in [0.1, 0.15) is 0 Å². The molecule has 0 radical (unpaired) electrons. The van der Waals surface area contributed by atoms with Crippen molar-refractivity contribution in [3.63, 3.8) is 0 Å². The van der Waals surface area contributed by atoms with Gasteiger partial charge in [-0.2, -0.15) is 0 Å². The Morgan fingerprint density at radius 1 is 0.882 bits per heavy atom. The van der Waals surface area contributed by atoms with E-state index in [-0.39, 0.29) is 11.0 Å². The summed E-state index contributed by atoms with van der Waals surface area (Å²) in [4.78, 5) is 0. The van der Waals surface area contributed by atoms with Crippen molar-refractivity contribution in [2.45, 2.75) is 57.2 Å². The van der Waals surface area contributed by atoms with Crippen molar-refractivity contribution in [1.82, 2.24) is 0 Å². The lowest BCUT2D eigenvalue weighted by molar-refractivity contribution is -0.0195. The lowest BCUT2D eigenvalue weighted by Crippen LogP contribution is -2.68. The standard InChI is InChI=1S/C30H35FO2Si/c1-5-24-21-27(32-22-23-15-9-6-10-16-23)28(31)29(24)33-34(30(2,3)4,25-17-11-7-12-18-25)26-19-13-8-14-20-26/h5-20,24,27-29H,1,21-22H2,2-4H3/t24-,27-,28+,29+/m0/s1. The molecular weight excluding hydrogens is 439 g/mol. The van der Waals surface area contributed by atoms with Gasteiger partial charge >= 0.3 is 0 Å². The maximum absolute atomic E-state index is 16.1. The van der Waals surface area contributed by atoms with Crippen molar-refractivity contribution in [3.8, 4) is 0 Å². The van der Waals surface area contributed by atoms with Gasteiger partial charge in [0.15, 0.2) is 6.17 Å². The SMILES string of the molecule is C=C[C@H]1C[C@H](OCc2ccccc2)[C@@H](F)[C@@H]1O[Si](c1ccccc1)(c1ccccc1)C(C)(C)C. The van der Waals surface area contributed by atoms with E-state index < -0.39 is 26.7 Å². The summed E-state index contributed by atoms with van der Waals surface area (Å²) >= 11 is 0. The van der Waals surface area contributed by atoms with Crippen LogP contribution in [0.25, 0.3) is 0 Å². The number of benzene rings is 3. The Morgan fingerprint density at radius 2 is 1.38 bits per heavy atom. The van der Waals surface area contributed by atoms with Crippen LogP contribution in [0.5, 0.6) is 0 Å². The molecule has 1 saturated carbocycles. The van der Waals surface area contributed by atoms with E-state index in [9.17, 15) is 0 Å². The van der Waals surface area contributed by atoms with Gasteiger partial charge in [-0.05, 0) is 27.4 Å². The zero-order valence-electron chi connectivity index (χ0n) is 20.4. The van der Waals surface area contributed by atoms with Crippen LogP contribution in [0.4, 0.5) is 4.39 Å². The molecule has 2 nitrogen and oxygen atoms in total. The highest BCUT2D eigenvalue weighted by molar-refractivity contribution is 6.99. The van der Waals surface area contributed by atoms with Crippen LogP contribution in [0, 0.1) is 5.92 Å². The van der Waals surface area contributed by atoms with Gasteiger partial charge < -0.3 is 9.16 Å². The minimum Gasteiger partial charge on any atom is -0.401 e. The van der Waals surface area contributed by atoms with Crippen LogP contribution in [0.2, 0.25) is 5.04 Å². The lowest BCUT2D eigenvalue weighted by atomic mass is 10.1. The van der Waals surface area contributed by atoms with Crippen LogP contribution in [0.3, 0.4) is 0 Å². The van der Waals surface area contributed by atoms with Gasteiger partial charge in [0, 0.05) is 5.92 Å². The quantitative estimate of drug-likeness (QED) is 0.292. The van der Waals surface area contributed by atoms with Gasteiger partial charge in [-0.1, -0.05) is 118 Å². The summed E-state index contributed by atoms with van der Waals surface area (Å²) in [5.41, 5.74) is 1.04. The average molecular weight is 475 g/mol. The Bertz CT molecular complexity index is 1010. The number of alkyl halides is 1. The Labute approximate surface area is 204 Å². The number of rotatable bonds is 8. The molecule has 0 N–H and O–H groups in total. The summed E-state index contributed by atoms with van der Waals surface area (Å²) in [6.07, 6.45) is 0.0609. The van der Waals surface area contributed by atoms with Crippen LogP contribution in [-0.2, 0) is 15.8 Å². The van der Waals surface area contributed by atoms with Crippen LogP contribution in [-0.4, -0.2) is 26.7 Å². The largest absolute Gasteiger partial charge is 0.401 e. The maximum Gasteiger partial charge on any atom is 0.261 e. The van der Waals surface area contributed by atoms with E-state index in [4.69, 9.17) is 9.16 Å². The number of ether oxygens (including phenoxy) is 1. The number of hydrogen-bond donors (Lipinski definition) is 0. The van der Waals surface area contributed by atoms with Crippen molar-refractivity contribution in [2.75, 3.05) is 0 Å². The van der Waals surface area contributed by atoms with E-state index in [0.29, 0.717) is 13.0 Å². The second kappa shape index (κ2) is 10.4. The van der Waals surface area contributed by atoms with Gasteiger partial charge in [0.25, 0.3) is 8.32 Å². The molecule has 0 saturated heterocycles. The van der Waals surface area contributed by atoms with Crippen molar-refractivity contribution in [1.29, 1.82) is 0 Å². The van der Waals surface area contributed by atoms with E-state index >= 15 is 4.39 Å². The molecule has 0 spiro atoms. The zero-order chi connectivity index (χ0) is 24.2. The van der Waals surface area contributed by atoms with E-state index in [2.05, 4.69) is 51.6 Å². The molecule has 3 aromatic rings. The van der Waals surface area contributed by atoms with Crippen LogP contribution < -0.4 is 10.4 Å². The molecule has 0 aliphatic heterocycles. The molecule has 3 aromatic carbocycles. The third-order valence-corrected chi connectivity index (χ3v) is 12.0. The third-order valence-electron chi connectivity index (χ3n) is 6.93. The molecule has 0 aromatic heterocycles. The molecule has 0 amide bonds. The average Bonchev–Trinajstić information content (AvgIpc) is 3.16. The predicted octanol–water partition coefficient (Wildman–Crippen LogP) is 6.06. The Morgan fingerprint density at radius 3 is 1.85 bits per heavy atom. The predicted molar refractivity (Wildman–Crippen MR) is 141 cm³/mol. The molecule has 1 aliphatic rings. The fraction of sp³-hybridized carbons (Fsp3) is 0.333. The van der Waals surface area contributed by atoms with Gasteiger partial charge in [-0.25, -0.2) is 4.39 Å². The highest BCUT2D eigenvalue weighted by atomic mass is 28.4. The summed E-state index contributed by atoms with van der Waals surface area (Å²) < 4.78 is 29.3. The van der Waals surface area contributed by atoms with Gasteiger partial charge in [-0.15, -0.1) is 6.58 Å². The van der Waals surface area contributed by atoms with Crippen LogP contribution >= 0.6 is 0 Å². The van der Waals surface area contributed by atoms with Gasteiger partial charge in [-0.3, -0.25) is 0 Å². The third kappa shape index (κ3) is 4.81. The summed E-state index contributed by atoms with van der Waals surface area (Å²) in [5, 5.41) is 2.08. The van der Waals surface area contributed by atoms with Crippen molar-refractivity contribution >= 4 is 18.7 Å². The molecular formula is C30H35FO2Si. The van der Waals surface area contributed by atoms with E-state index in [1.165, 1.54) is 0 Å². The molecule has 4 rings (SSSR count). The highest BCUT2D eigenvalue weighted by Crippen LogP contribution is 2.42. The first kappa shape index (κ1) is 24.6. The minimum absolute atomic E-state index is 0.113. The molecule has 1 aliphatic carbocycles. The van der Waals surface area contributed by atoms with Crippen molar-refractivity contribution < 1.29 is 13.6 Å². The normalized spacial score (nSPS) is 23.1. The molecule has 34 heavy (non-hydrogen) atoms. The monoisotopic (exact) mass is 474 g/mol. The molecule has 0 heterocycles. The van der Waals surface area contributed by atoms with Crippen molar-refractivity contribution in [2.24, 2.45) is 5.92 Å². The summed E-state index contributed by atoms with van der Waals surface area (Å²) in [5.74, 6) is -0.113. The molecule has 4 atom stereocenters. The number of halogens is 1. The fourth-order valence-electron chi connectivity index (χ4n) is 5.20. The Kier molecular flexibility index (Phi) is 7.51. The van der Waals surface area contributed by atoms with Crippen LogP contribution in [0.15, 0.2) is 104 Å². The summed E-state index contributed by atoms with van der Waals surface area (Å²) in [6, 6.07) is 30.7. The Hall–Kier alpha value is -2.53. The van der Waals surface area contributed by atoms with Gasteiger partial charge in [0.2, 0.25) is 0 Å². The first-order chi connectivity index (χ1) is 16.4. The Balaban J connectivity index is 1.69. The number of hydrogen-bond acceptors (Lipinski definition) is 2. The molecule has 0 unspecified atom stereocenters. The summed E-state index contributed by atoms with van der Waals surface area (Å²) in [7, 11) is -2.87. The molecule has 178 valence electrons. The first-order valence-electron chi connectivity index (χ1n) is 12.1. The maximum atomic E-state index is 16.1. The first-order valence-corrected chi connectivity index (χ1v) is 14.0. The van der Waals surface area contributed by atoms with E-state index in [0.717, 1.165) is 15.9 Å². The fourth-order valence-corrected chi connectivity index (χ4v) is 9.92. The van der Waals surface area contributed by atoms with E-state index in [1.54, 1.807) is 0 Å². The second-order valence-electron chi connectivity index (χ2n) is 10.2.